The number of nitrogens with zero attached hydrogens (tertiary/aromatic N) is 3. The van der Waals surface area contributed by atoms with Crippen LogP contribution in [0.4, 0.5) is 4.79 Å². The minimum Gasteiger partial charge on any atom is -0.447 e. The lowest BCUT2D eigenvalue weighted by Crippen LogP contribution is -2.33. The van der Waals surface area contributed by atoms with Crippen LogP contribution in [0.5, 0.6) is 0 Å². The van der Waals surface area contributed by atoms with Crippen LogP contribution in [0.3, 0.4) is 0 Å². The molecule has 3 aliphatic rings. The lowest BCUT2D eigenvalue weighted by Gasteiger charge is -2.25. The molecule has 1 aromatic rings. The lowest BCUT2D eigenvalue weighted by molar-refractivity contribution is -0.135. The van der Waals surface area contributed by atoms with E-state index < -0.39 is 0 Å². The SMILES string of the molecule is O=C1OCCN1/C=C1\CN2C(=O)CCN2C1c1ccccc1. The summed E-state index contributed by atoms with van der Waals surface area (Å²) in [6.45, 7) is 2.26. The molecule has 3 heterocycles. The molecule has 0 N–H and O–H groups in total. The van der Waals surface area contributed by atoms with Gasteiger partial charge in [0.1, 0.15) is 6.61 Å². The van der Waals surface area contributed by atoms with Crippen LogP contribution in [0.1, 0.15) is 18.0 Å². The molecule has 0 aromatic heterocycles. The molecule has 4 rings (SSSR count). The van der Waals surface area contributed by atoms with Crippen molar-refractivity contribution in [3.63, 3.8) is 0 Å². The van der Waals surface area contributed by atoms with Gasteiger partial charge in [0, 0.05) is 19.2 Å². The quantitative estimate of drug-likeness (QED) is 0.831. The van der Waals surface area contributed by atoms with Gasteiger partial charge in [-0.3, -0.25) is 14.7 Å². The third-order valence-corrected chi connectivity index (χ3v) is 4.36. The molecule has 3 fully saturated rings. The van der Waals surface area contributed by atoms with Crippen LogP contribution >= 0.6 is 0 Å². The Bertz CT molecular complexity index is 643. The summed E-state index contributed by atoms with van der Waals surface area (Å²) in [6, 6.07) is 10.1. The second-order valence-corrected chi connectivity index (χ2v) is 5.69. The molecular formula is C16H17N3O3. The van der Waals surface area contributed by atoms with Gasteiger partial charge in [0.05, 0.1) is 19.1 Å². The third-order valence-electron chi connectivity index (χ3n) is 4.36. The van der Waals surface area contributed by atoms with Crippen molar-refractivity contribution in [2.75, 3.05) is 26.2 Å². The van der Waals surface area contributed by atoms with Crippen molar-refractivity contribution in [1.29, 1.82) is 0 Å². The maximum Gasteiger partial charge on any atom is 0.413 e. The molecular weight excluding hydrogens is 282 g/mol. The summed E-state index contributed by atoms with van der Waals surface area (Å²) < 4.78 is 4.98. The molecule has 0 aliphatic carbocycles. The van der Waals surface area contributed by atoms with Gasteiger partial charge in [0.25, 0.3) is 0 Å². The Kier molecular flexibility index (Phi) is 3.11. The minimum atomic E-state index is -0.312. The van der Waals surface area contributed by atoms with E-state index >= 15 is 0 Å². The molecule has 22 heavy (non-hydrogen) atoms. The van der Waals surface area contributed by atoms with Gasteiger partial charge in [0.2, 0.25) is 5.91 Å². The zero-order chi connectivity index (χ0) is 15.1. The van der Waals surface area contributed by atoms with Crippen molar-refractivity contribution in [3.8, 4) is 0 Å². The van der Waals surface area contributed by atoms with Gasteiger partial charge in [-0.05, 0) is 11.1 Å². The summed E-state index contributed by atoms with van der Waals surface area (Å²) in [5.74, 6) is 0.147. The number of ether oxygens (including phenoxy) is 1. The van der Waals surface area contributed by atoms with Crippen molar-refractivity contribution in [3.05, 3.63) is 47.7 Å². The van der Waals surface area contributed by atoms with Crippen LogP contribution in [-0.4, -0.2) is 53.2 Å². The number of carbonyl (C=O) groups is 2. The summed E-state index contributed by atoms with van der Waals surface area (Å²) in [5, 5.41) is 3.90. The highest BCUT2D eigenvalue weighted by Gasteiger charge is 2.43. The lowest BCUT2D eigenvalue weighted by atomic mass is 10.00. The molecule has 3 aliphatic heterocycles. The maximum absolute atomic E-state index is 12.0. The van der Waals surface area contributed by atoms with Crippen molar-refractivity contribution in [2.45, 2.75) is 12.5 Å². The van der Waals surface area contributed by atoms with E-state index in [0.29, 0.717) is 26.1 Å². The maximum atomic E-state index is 12.0. The molecule has 0 bridgehead atoms. The molecule has 1 atom stereocenters. The van der Waals surface area contributed by atoms with Crippen LogP contribution in [0, 0.1) is 0 Å². The highest BCUT2D eigenvalue weighted by Crippen LogP contribution is 2.39. The number of hydrogen-bond donors (Lipinski definition) is 0. The number of cyclic esters (lactones) is 1. The second-order valence-electron chi connectivity index (χ2n) is 5.69. The number of rotatable bonds is 2. The normalized spacial score (nSPS) is 26.9. The Morgan fingerprint density at radius 3 is 2.68 bits per heavy atom. The van der Waals surface area contributed by atoms with E-state index in [1.165, 1.54) is 0 Å². The summed E-state index contributed by atoms with van der Waals surface area (Å²) >= 11 is 0. The first kappa shape index (κ1) is 13.3. The molecule has 114 valence electrons. The van der Waals surface area contributed by atoms with Gasteiger partial charge in [0.15, 0.2) is 0 Å². The first-order chi connectivity index (χ1) is 10.7. The van der Waals surface area contributed by atoms with E-state index in [1.54, 1.807) is 9.91 Å². The van der Waals surface area contributed by atoms with E-state index in [9.17, 15) is 9.59 Å². The predicted molar refractivity (Wildman–Crippen MR) is 78.4 cm³/mol. The van der Waals surface area contributed by atoms with Crippen LogP contribution < -0.4 is 0 Å². The molecule has 1 aromatic carbocycles. The number of hydrazine groups is 1. The largest absolute Gasteiger partial charge is 0.447 e. The number of hydrogen-bond acceptors (Lipinski definition) is 4. The first-order valence-corrected chi connectivity index (χ1v) is 7.50. The predicted octanol–water partition coefficient (Wildman–Crippen LogP) is 1.53. The molecule has 6 nitrogen and oxygen atoms in total. The van der Waals surface area contributed by atoms with E-state index in [2.05, 4.69) is 17.1 Å². The first-order valence-electron chi connectivity index (χ1n) is 7.50. The average molecular weight is 299 g/mol. The molecule has 1 unspecified atom stereocenters. The van der Waals surface area contributed by atoms with Crippen LogP contribution in [-0.2, 0) is 9.53 Å². The molecule has 0 radical (unpaired) electrons. The standard InChI is InChI=1S/C16H17N3O3/c20-14-6-7-18-15(12-4-2-1-3-5-12)13(11-19(14)18)10-17-8-9-22-16(17)21/h1-5,10,15H,6-9,11H2/b13-10+. The summed E-state index contributed by atoms with van der Waals surface area (Å²) in [7, 11) is 0. The number of carbonyl (C=O) groups excluding carboxylic acids is 2. The summed E-state index contributed by atoms with van der Waals surface area (Å²) in [4.78, 5) is 25.3. The average Bonchev–Trinajstić information content (AvgIpc) is 3.19. The van der Waals surface area contributed by atoms with Crippen LogP contribution in [0.25, 0.3) is 0 Å². The molecule has 0 saturated carbocycles. The highest BCUT2D eigenvalue weighted by molar-refractivity contribution is 5.79. The van der Waals surface area contributed by atoms with Crippen LogP contribution in [0.15, 0.2) is 42.1 Å². The van der Waals surface area contributed by atoms with Gasteiger partial charge in [-0.25, -0.2) is 9.80 Å². The fourth-order valence-electron chi connectivity index (χ4n) is 3.36. The molecule has 2 amide bonds. The summed E-state index contributed by atoms with van der Waals surface area (Å²) in [5.41, 5.74) is 2.19. The Morgan fingerprint density at radius 2 is 1.95 bits per heavy atom. The zero-order valence-electron chi connectivity index (χ0n) is 12.1. The van der Waals surface area contributed by atoms with Gasteiger partial charge < -0.3 is 4.74 Å². The van der Waals surface area contributed by atoms with E-state index in [1.807, 2.05) is 24.4 Å². The topological polar surface area (TPSA) is 53.1 Å². The van der Waals surface area contributed by atoms with Gasteiger partial charge >= 0.3 is 6.09 Å². The smallest absolute Gasteiger partial charge is 0.413 e. The highest BCUT2D eigenvalue weighted by atomic mass is 16.6. The van der Waals surface area contributed by atoms with Gasteiger partial charge in [-0.15, -0.1) is 0 Å². The van der Waals surface area contributed by atoms with Crippen molar-refractivity contribution >= 4 is 12.0 Å². The number of benzene rings is 1. The molecule has 0 spiro atoms. The minimum absolute atomic E-state index is 0.0149. The van der Waals surface area contributed by atoms with E-state index in [-0.39, 0.29) is 18.0 Å². The van der Waals surface area contributed by atoms with Crippen molar-refractivity contribution in [2.24, 2.45) is 0 Å². The third kappa shape index (κ3) is 2.07. The van der Waals surface area contributed by atoms with Crippen LogP contribution in [0.2, 0.25) is 0 Å². The van der Waals surface area contributed by atoms with Gasteiger partial charge in [-0.1, -0.05) is 30.3 Å². The monoisotopic (exact) mass is 299 g/mol. The van der Waals surface area contributed by atoms with Crippen molar-refractivity contribution < 1.29 is 14.3 Å². The zero-order valence-corrected chi connectivity index (χ0v) is 12.1. The number of fused-ring (bicyclic) bond motifs is 1. The van der Waals surface area contributed by atoms with E-state index in [4.69, 9.17) is 4.74 Å². The Balaban J connectivity index is 1.71. The summed E-state index contributed by atoms with van der Waals surface area (Å²) in [6.07, 6.45) is 2.11. The molecule has 3 saturated heterocycles. The van der Waals surface area contributed by atoms with Crippen molar-refractivity contribution in [1.82, 2.24) is 14.9 Å². The second kappa shape index (κ2) is 5.14. The van der Waals surface area contributed by atoms with E-state index in [0.717, 1.165) is 17.7 Å². The van der Waals surface area contributed by atoms with Gasteiger partial charge in [-0.2, -0.15) is 0 Å². The molecule has 6 heteroatoms. The Labute approximate surface area is 128 Å². The fraction of sp³-hybridized carbons (Fsp3) is 0.375. The Morgan fingerprint density at radius 1 is 1.14 bits per heavy atom. The number of amides is 2. The Hall–Kier alpha value is -2.34. The fourth-order valence-corrected chi connectivity index (χ4v) is 3.36.